The molecule has 0 spiro atoms. The van der Waals surface area contributed by atoms with E-state index in [1.165, 1.54) is 22.3 Å². The predicted molar refractivity (Wildman–Crippen MR) is 200 cm³/mol. The highest BCUT2D eigenvalue weighted by molar-refractivity contribution is 6.10. The third-order valence-electron chi connectivity index (χ3n) is 8.98. The Morgan fingerprint density at radius 3 is 1.27 bits per heavy atom. The van der Waals surface area contributed by atoms with Gasteiger partial charge < -0.3 is 4.42 Å². The fourth-order valence-corrected chi connectivity index (χ4v) is 6.43. The molecule has 7 aromatic carbocycles. The Balaban J connectivity index is 1.08. The molecule has 0 saturated carbocycles. The van der Waals surface area contributed by atoms with Crippen LogP contribution in [0.5, 0.6) is 0 Å². The van der Waals surface area contributed by atoms with E-state index in [9.17, 15) is 0 Å². The van der Waals surface area contributed by atoms with E-state index in [0.29, 0.717) is 17.5 Å². The third-order valence-corrected chi connectivity index (χ3v) is 8.98. The maximum atomic E-state index is 6.53. The van der Waals surface area contributed by atoms with Crippen molar-refractivity contribution in [1.82, 2.24) is 15.0 Å². The van der Waals surface area contributed by atoms with Crippen molar-refractivity contribution in [1.29, 1.82) is 0 Å². The van der Waals surface area contributed by atoms with E-state index >= 15 is 0 Å². The van der Waals surface area contributed by atoms with Gasteiger partial charge in [0.2, 0.25) is 0 Å². The summed E-state index contributed by atoms with van der Waals surface area (Å²) in [7, 11) is 0. The predicted octanol–water partition coefficient (Wildman–Crippen LogP) is 11.8. The van der Waals surface area contributed by atoms with Crippen LogP contribution in [0.3, 0.4) is 0 Å². The Hall–Kier alpha value is -6.65. The molecule has 4 nitrogen and oxygen atoms in total. The second kappa shape index (κ2) is 12.2. The van der Waals surface area contributed by atoms with Gasteiger partial charge in [0.1, 0.15) is 11.2 Å². The van der Waals surface area contributed by atoms with Gasteiger partial charge in [-0.2, -0.15) is 0 Å². The number of furan rings is 1. The van der Waals surface area contributed by atoms with Gasteiger partial charge in [-0.15, -0.1) is 0 Å². The zero-order valence-corrected chi connectivity index (χ0v) is 26.5. The third kappa shape index (κ3) is 5.45. The zero-order chi connectivity index (χ0) is 32.6. The zero-order valence-electron chi connectivity index (χ0n) is 26.5. The lowest BCUT2D eigenvalue weighted by Crippen LogP contribution is -2.00. The number of benzene rings is 7. The summed E-state index contributed by atoms with van der Waals surface area (Å²) in [4.78, 5) is 14.7. The summed E-state index contributed by atoms with van der Waals surface area (Å²) in [6.45, 7) is 0. The molecule has 0 aliphatic carbocycles. The molecule has 0 atom stereocenters. The van der Waals surface area contributed by atoms with Crippen LogP contribution in [0, 0.1) is 0 Å². The number of hydrogen-bond donors (Lipinski definition) is 0. The van der Waals surface area contributed by atoms with Crippen LogP contribution >= 0.6 is 0 Å². The lowest BCUT2D eigenvalue weighted by atomic mass is 9.97. The lowest BCUT2D eigenvalue weighted by molar-refractivity contribution is 0.670. The molecule has 2 heterocycles. The van der Waals surface area contributed by atoms with Crippen molar-refractivity contribution in [3.63, 3.8) is 0 Å². The molecule has 9 rings (SSSR count). The van der Waals surface area contributed by atoms with Gasteiger partial charge in [0.15, 0.2) is 17.5 Å². The van der Waals surface area contributed by atoms with Crippen LogP contribution in [0.1, 0.15) is 0 Å². The molecule has 0 radical (unpaired) electrons. The van der Waals surface area contributed by atoms with E-state index in [2.05, 4.69) is 97.1 Å². The normalized spacial score (nSPS) is 11.3. The van der Waals surface area contributed by atoms with Gasteiger partial charge in [0.05, 0.1) is 0 Å². The van der Waals surface area contributed by atoms with Gasteiger partial charge in [-0.25, -0.2) is 15.0 Å². The Bertz CT molecular complexity index is 2500. The van der Waals surface area contributed by atoms with Crippen molar-refractivity contribution in [2.75, 3.05) is 0 Å². The Labute approximate surface area is 284 Å². The van der Waals surface area contributed by atoms with E-state index in [-0.39, 0.29) is 0 Å². The minimum Gasteiger partial charge on any atom is -0.455 e. The summed E-state index contributed by atoms with van der Waals surface area (Å²) in [5, 5.41) is 2.07. The molecule has 0 saturated heterocycles. The number of nitrogens with zero attached hydrogens (tertiary/aromatic N) is 3. The van der Waals surface area contributed by atoms with Gasteiger partial charge >= 0.3 is 0 Å². The summed E-state index contributed by atoms with van der Waals surface area (Å²) in [6.07, 6.45) is 0. The molecule has 0 bridgehead atoms. The fraction of sp³-hybridized carbons (Fsp3) is 0. The molecule has 0 unspecified atom stereocenters. The molecule has 0 amide bonds. The first-order chi connectivity index (χ1) is 24.3. The monoisotopic (exact) mass is 627 g/mol. The summed E-state index contributed by atoms with van der Waals surface area (Å²) in [5.41, 5.74) is 11.4. The van der Waals surface area contributed by atoms with Gasteiger partial charge in [-0.1, -0.05) is 158 Å². The average Bonchev–Trinajstić information content (AvgIpc) is 3.57. The van der Waals surface area contributed by atoms with Crippen LogP contribution in [-0.4, -0.2) is 15.0 Å². The van der Waals surface area contributed by atoms with Crippen molar-refractivity contribution in [2.45, 2.75) is 0 Å². The van der Waals surface area contributed by atoms with Crippen molar-refractivity contribution < 1.29 is 4.42 Å². The quantitative estimate of drug-likeness (QED) is 0.184. The lowest BCUT2D eigenvalue weighted by Gasteiger charge is -2.08. The van der Waals surface area contributed by atoms with Crippen molar-refractivity contribution in [3.05, 3.63) is 176 Å². The van der Waals surface area contributed by atoms with Crippen molar-refractivity contribution in [3.8, 4) is 67.5 Å². The SMILES string of the molecule is c1ccc(-c2ccc(-c3ccc(-c4cccc5c4oc4ccc(-c6nc(-c7ccccc7)nc(-c7ccccc7)n6)cc45)cc3)cc2)cc1. The standard InChI is InChI=1S/C45H29N3O/c1-4-11-30(12-5-1)31-19-21-32(22-20-31)33-23-25-34(26-24-33)38-17-10-18-39-40-29-37(27-28-41(40)49-42(38)39)45-47-43(35-13-6-2-7-14-35)46-44(48-45)36-15-8-3-9-16-36/h1-29H. The minimum absolute atomic E-state index is 0.618. The fourth-order valence-electron chi connectivity index (χ4n) is 6.43. The number of hydrogen-bond acceptors (Lipinski definition) is 4. The van der Waals surface area contributed by atoms with Gasteiger partial charge in [-0.05, 0) is 46.0 Å². The molecule has 230 valence electrons. The summed E-state index contributed by atoms with van der Waals surface area (Å²) < 4.78 is 6.53. The Morgan fingerprint density at radius 1 is 0.306 bits per heavy atom. The smallest absolute Gasteiger partial charge is 0.164 e. The maximum absolute atomic E-state index is 6.53. The topological polar surface area (TPSA) is 51.8 Å². The molecular weight excluding hydrogens is 599 g/mol. The first kappa shape index (κ1) is 28.6. The highest BCUT2D eigenvalue weighted by atomic mass is 16.3. The van der Waals surface area contributed by atoms with E-state index in [1.807, 2.05) is 78.9 Å². The Morgan fingerprint density at radius 2 is 0.735 bits per heavy atom. The van der Waals surface area contributed by atoms with Crippen LogP contribution in [0.2, 0.25) is 0 Å². The molecule has 0 N–H and O–H groups in total. The molecule has 0 fully saturated rings. The van der Waals surface area contributed by atoms with Gasteiger partial charge in [0.25, 0.3) is 0 Å². The Kier molecular flexibility index (Phi) is 7.10. The van der Waals surface area contributed by atoms with Crippen LogP contribution in [0.25, 0.3) is 89.5 Å². The maximum Gasteiger partial charge on any atom is 0.164 e. The molecule has 2 aromatic heterocycles. The molecule has 4 heteroatoms. The summed E-state index contributed by atoms with van der Waals surface area (Å²) in [5.74, 6) is 1.89. The average molecular weight is 628 g/mol. The first-order valence-corrected chi connectivity index (χ1v) is 16.4. The van der Waals surface area contributed by atoms with E-state index < -0.39 is 0 Å². The number of rotatable bonds is 6. The summed E-state index contributed by atoms with van der Waals surface area (Å²) in [6, 6.07) is 60.5. The van der Waals surface area contributed by atoms with E-state index in [4.69, 9.17) is 19.4 Å². The highest BCUT2D eigenvalue weighted by Crippen LogP contribution is 2.38. The van der Waals surface area contributed by atoms with Gasteiger partial charge in [-0.3, -0.25) is 0 Å². The largest absolute Gasteiger partial charge is 0.455 e. The molecular formula is C45H29N3O. The molecule has 9 aromatic rings. The minimum atomic E-state index is 0.618. The van der Waals surface area contributed by atoms with E-state index in [0.717, 1.165) is 49.8 Å². The summed E-state index contributed by atoms with van der Waals surface area (Å²) >= 11 is 0. The van der Waals surface area contributed by atoms with Crippen LogP contribution in [0.4, 0.5) is 0 Å². The number of aromatic nitrogens is 3. The van der Waals surface area contributed by atoms with Crippen LogP contribution < -0.4 is 0 Å². The second-order valence-corrected chi connectivity index (χ2v) is 12.1. The van der Waals surface area contributed by atoms with Crippen molar-refractivity contribution in [2.24, 2.45) is 0 Å². The van der Waals surface area contributed by atoms with Gasteiger partial charge in [0, 0.05) is 33.0 Å². The van der Waals surface area contributed by atoms with Crippen molar-refractivity contribution >= 4 is 21.9 Å². The number of fused-ring (bicyclic) bond motifs is 3. The number of para-hydroxylation sites is 1. The van der Waals surface area contributed by atoms with Crippen LogP contribution in [0.15, 0.2) is 180 Å². The first-order valence-electron chi connectivity index (χ1n) is 16.4. The van der Waals surface area contributed by atoms with Crippen LogP contribution in [-0.2, 0) is 0 Å². The highest BCUT2D eigenvalue weighted by Gasteiger charge is 2.16. The molecule has 0 aliphatic rings. The second-order valence-electron chi connectivity index (χ2n) is 12.1. The molecule has 49 heavy (non-hydrogen) atoms. The van der Waals surface area contributed by atoms with E-state index in [1.54, 1.807) is 0 Å². The molecule has 0 aliphatic heterocycles.